The van der Waals surface area contributed by atoms with Crippen molar-refractivity contribution in [3.05, 3.63) is 86.4 Å². The maximum atomic E-state index is 6.48. The summed E-state index contributed by atoms with van der Waals surface area (Å²) >= 11 is 18.6. The van der Waals surface area contributed by atoms with Crippen molar-refractivity contribution in [2.24, 2.45) is 0 Å². The van der Waals surface area contributed by atoms with E-state index in [4.69, 9.17) is 49.0 Å². The van der Waals surface area contributed by atoms with Gasteiger partial charge in [-0.05, 0) is 35.9 Å². The van der Waals surface area contributed by atoms with Gasteiger partial charge in [0.05, 0.1) is 19.2 Å². The fraction of sp³-hybridized carbons (Fsp3) is 0.217. The Morgan fingerprint density at radius 2 is 1.53 bits per heavy atom. The molecule has 0 atom stereocenters. The van der Waals surface area contributed by atoms with E-state index in [1.54, 1.807) is 26.4 Å². The molecular formula is C23H22Cl3NO3. The molecular weight excluding hydrogens is 445 g/mol. The van der Waals surface area contributed by atoms with Gasteiger partial charge in [-0.15, -0.1) is 0 Å². The molecule has 0 fully saturated rings. The molecule has 0 radical (unpaired) electrons. The lowest BCUT2D eigenvalue weighted by Gasteiger charge is -2.15. The van der Waals surface area contributed by atoms with Gasteiger partial charge in [-0.1, -0.05) is 59.1 Å². The van der Waals surface area contributed by atoms with E-state index >= 15 is 0 Å². The largest absolute Gasteiger partial charge is 0.496 e. The van der Waals surface area contributed by atoms with Crippen molar-refractivity contribution in [1.29, 1.82) is 0 Å². The van der Waals surface area contributed by atoms with Crippen molar-refractivity contribution in [2.75, 3.05) is 14.2 Å². The normalized spacial score (nSPS) is 10.7. The zero-order chi connectivity index (χ0) is 21.5. The predicted octanol–water partition coefficient (Wildman–Crippen LogP) is 6.53. The van der Waals surface area contributed by atoms with Gasteiger partial charge in [-0.2, -0.15) is 0 Å². The number of benzene rings is 3. The van der Waals surface area contributed by atoms with E-state index in [0.29, 0.717) is 39.7 Å². The van der Waals surface area contributed by atoms with Crippen LogP contribution in [0.4, 0.5) is 0 Å². The van der Waals surface area contributed by atoms with Gasteiger partial charge in [-0.25, -0.2) is 0 Å². The molecule has 0 spiro atoms. The molecule has 0 heterocycles. The molecule has 0 aliphatic rings. The smallest absolute Gasteiger partial charge is 0.180 e. The van der Waals surface area contributed by atoms with E-state index in [1.165, 1.54) is 0 Å². The summed E-state index contributed by atoms with van der Waals surface area (Å²) in [6, 6.07) is 16.9. The Hall–Kier alpha value is -2.11. The van der Waals surface area contributed by atoms with Gasteiger partial charge in [-0.3, -0.25) is 0 Å². The fourth-order valence-corrected chi connectivity index (χ4v) is 3.75. The topological polar surface area (TPSA) is 39.7 Å². The van der Waals surface area contributed by atoms with Crippen molar-refractivity contribution >= 4 is 34.8 Å². The van der Waals surface area contributed by atoms with Crippen molar-refractivity contribution < 1.29 is 14.2 Å². The minimum absolute atomic E-state index is 0.248. The average Bonchev–Trinajstić information content (AvgIpc) is 2.74. The van der Waals surface area contributed by atoms with Gasteiger partial charge in [0, 0.05) is 34.3 Å². The van der Waals surface area contributed by atoms with Crippen LogP contribution in [0.3, 0.4) is 0 Å². The number of ether oxygens (including phenoxy) is 3. The van der Waals surface area contributed by atoms with Gasteiger partial charge in [0.25, 0.3) is 0 Å². The van der Waals surface area contributed by atoms with Crippen LogP contribution < -0.4 is 19.5 Å². The van der Waals surface area contributed by atoms with E-state index < -0.39 is 0 Å². The first-order valence-electron chi connectivity index (χ1n) is 9.27. The predicted molar refractivity (Wildman–Crippen MR) is 122 cm³/mol. The van der Waals surface area contributed by atoms with Crippen LogP contribution in [0.15, 0.2) is 54.6 Å². The summed E-state index contributed by atoms with van der Waals surface area (Å²) in [6.07, 6.45) is 0. The van der Waals surface area contributed by atoms with Crippen molar-refractivity contribution in [1.82, 2.24) is 5.32 Å². The van der Waals surface area contributed by atoms with Crippen LogP contribution in [-0.2, 0) is 19.7 Å². The van der Waals surface area contributed by atoms with Crippen LogP contribution in [-0.4, -0.2) is 14.2 Å². The molecule has 158 valence electrons. The van der Waals surface area contributed by atoms with E-state index in [9.17, 15) is 0 Å². The number of hydrogen-bond acceptors (Lipinski definition) is 4. The van der Waals surface area contributed by atoms with Crippen molar-refractivity contribution in [3.8, 4) is 17.2 Å². The number of hydrogen-bond donors (Lipinski definition) is 1. The third-order valence-electron chi connectivity index (χ3n) is 4.51. The third kappa shape index (κ3) is 5.73. The average molecular weight is 467 g/mol. The van der Waals surface area contributed by atoms with Crippen LogP contribution in [0, 0.1) is 0 Å². The number of methoxy groups -OCH3 is 2. The quantitative estimate of drug-likeness (QED) is 0.389. The summed E-state index contributed by atoms with van der Waals surface area (Å²) in [5.74, 6) is 1.88. The van der Waals surface area contributed by atoms with Gasteiger partial charge in [0.15, 0.2) is 11.5 Å². The summed E-state index contributed by atoms with van der Waals surface area (Å²) in [5.41, 5.74) is 2.86. The van der Waals surface area contributed by atoms with Crippen LogP contribution in [0.25, 0.3) is 0 Å². The Balaban J connectivity index is 1.67. The first kappa shape index (κ1) is 22.6. The monoisotopic (exact) mass is 465 g/mol. The maximum Gasteiger partial charge on any atom is 0.180 e. The van der Waals surface area contributed by atoms with Crippen LogP contribution in [0.2, 0.25) is 15.1 Å². The van der Waals surface area contributed by atoms with E-state index in [1.807, 2.05) is 42.5 Å². The van der Waals surface area contributed by atoms with Crippen LogP contribution in [0.1, 0.15) is 16.7 Å². The molecule has 0 aliphatic carbocycles. The van der Waals surface area contributed by atoms with Gasteiger partial charge in [0.2, 0.25) is 0 Å². The second-order valence-corrected chi connectivity index (χ2v) is 7.80. The maximum absolute atomic E-state index is 6.48. The van der Waals surface area contributed by atoms with Gasteiger partial charge >= 0.3 is 0 Å². The molecule has 0 bridgehead atoms. The van der Waals surface area contributed by atoms with Gasteiger partial charge in [0.1, 0.15) is 12.4 Å². The Morgan fingerprint density at radius 1 is 0.767 bits per heavy atom. The summed E-state index contributed by atoms with van der Waals surface area (Å²) in [5, 5.41) is 4.97. The van der Waals surface area contributed by atoms with E-state index in [2.05, 4.69) is 5.32 Å². The Morgan fingerprint density at radius 3 is 2.27 bits per heavy atom. The standard InChI is InChI=1S/C23H22Cl3NO3/c1-28-21-6-4-3-5-16(21)13-27-12-15-9-20(26)23(22(10-15)29-2)30-14-17-7-8-18(24)11-19(17)25/h3-11,27H,12-14H2,1-2H3. The number of para-hydroxylation sites is 1. The Kier molecular flexibility index (Phi) is 8.11. The molecule has 4 nitrogen and oxygen atoms in total. The highest BCUT2D eigenvalue weighted by molar-refractivity contribution is 6.35. The first-order chi connectivity index (χ1) is 14.5. The third-order valence-corrected chi connectivity index (χ3v) is 5.38. The molecule has 30 heavy (non-hydrogen) atoms. The molecule has 0 saturated carbocycles. The molecule has 7 heteroatoms. The lowest BCUT2D eigenvalue weighted by molar-refractivity contribution is 0.284. The zero-order valence-electron chi connectivity index (χ0n) is 16.7. The van der Waals surface area contributed by atoms with E-state index in [-0.39, 0.29) is 6.61 Å². The number of rotatable bonds is 9. The van der Waals surface area contributed by atoms with Crippen LogP contribution in [0.5, 0.6) is 17.2 Å². The fourth-order valence-electron chi connectivity index (χ4n) is 2.99. The second kappa shape index (κ2) is 10.8. The molecule has 1 N–H and O–H groups in total. The highest BCUT2D eigenvalue weighted by Crippen LogP contribution is 2.37. The lowest BCUT2D eigenvalue weighted by atomic mass is 10.1. The lowest BCUT2D eigenvalue weighted by Crippen LogP contribution is -2.13. The highest BCUT2D eigenvalue weighted by atomic mass is 35.5. The molecule has 0 aromatic heterocycles. The highest BCUT2D eigenvalue weighted by Gasteiger charge is 2.13. The number of nitrogens with one attached hydrogen (secondary N) is 1. The van der Waals surface area contributed by atoms with E-state index in [0.717, 1.165) is 22.4 Å². The molecule has 3 aromatic carbocycles. The molecule has 0 amide bonds. The minimum Gasteiger partial charge on any atom is -0.496 e. The SMILES string of the molecule is COc1ccccc1CNCc1cc(Cl)c(OCc2ccc(Cl)cc2Cl)c(OC)c1. The Labute approximate surface area is 191 Å². The molecule has 3 rings (SSSR count). The summed E-state index contributed by atoms with van der Waals surface area (Å²) in [7, 11) is 3.25. The van der Waals surface area contributed by atoms with Crippen molar-refractivity contribution in [2.45, 2.75) is 19.7 Å². The second-order valence-electron chi connectivity index (χ2n) is 6.55. The molecule has 3 aromatic rings. The molecule has 0 saturated heterocycles. The van der Waals surface area contributed by atoms with Gasteiger partial charge < -0.3 is 19.5 Å². The zero-order valence-corrected chi connectivity index (χ0v) is 18.9. The first-order valence-corrected chi connectivity index (χ1v) is 10.4. The summed E-state index contributed by atoms with van der Waals surface area (Å²) < 4.78 is 16.8. The molecule has 0 unspecified atom stereocenters. The Bertz CT molecular complexity index is 1010. The minimum atomic E-state index is 0.248. The number of halogens is 3. The van der Waals surface area contributed by atoms with Crippen LogP contribution >= 0.6 is 34.8 Å². The summed E-state index contributed by atoms with van der Waals surface area (Å²) in [6.45, 7) is 1.52. The van der Waals surface area contributed by atoms with Crippen molar-refractivity contribution in [3.63, 3.8) is 0 Å². The molecule has 0 aliphatic heterocycles. The summed E-state index contributed by atoms with van der Waals surface area (Å²) in [4.78, 5) is 0.